The van der Waals surface area contributed by atoms with E-state index < -0.39 is 35.7 Å². The Morgan fingerprint density at radius 1 is 1.11 bits per heavy atom. The van der Waals surface area contributed by atoms with Crippen LogP contribution in [0.2, 0.25) is 0 Å². The van der Waals surface area contributed by atoms with E-state index in [4.69, 9.17) is 9.47 Å². The van der Waals surface area contributed by atoms with E-state index in [0.29, 0.717) is 12.2 Å². The number of carbonyl (C=O) groups is 3. The number of hydrogen-bond donors (Lipinski definition) is 2. The molecule has 0 saturated heterocycles. The lowest BCUT2D eigenvalue weighted by Gasteiger charge is -2.24. The van der Waals surface area contributed by atoms with Crippen LogP contribution in [0.25, 0.3) is 0 Å². The number of carbonyl (C=O) groups excluding carboxylic acids is 3. The zero-order valence-corrected chi connectivity index (χ0v) is 17.9. The molecule has 0 heterocycles. The first kappa shape index (κ1) is 23.8. The molecule has 1 aromatic carbocycles. The van der Waals surface area contributed by atoms with E-state index in [0.717, 1.165) is 5.56 Å². The summed E-state index contributed by atoms with van der Waals surface area (Å²) in [5.74, 6) is -0.321. The van der Waals surface area contributed by atoms with Gasteiger partial charge in [-0.2, -0.15) is 11.8 Å². The van der Waals surface area contributed by atoms with Crippen molar-refractivity contribution < 1.29 is 23.9 Å². The molecular weight excluding hydrogens is 380 g/mol. The molecule has 2 atom stereocenters. The highest BCUT2D eigenvalue weighted by molar-refractivity contribution is 7.98. The van der Waals surface area contributed by atoms with Crippen LogP contribution >= 0.6 is 11.8 Å². The van der Waals surface area contributed by atoms with Gasteiger partial charge in [0.05, 0.1) is 0 Å². The van der Waals surface area contributed by atoms with Gasteiger partial charge in [-0.1, -0.05) is 30.3 Å². The number of hydrogen-bond acceptors (Lipinski definition) is 6. The first-order valence-electron chi connectivity index (χ1n) is 9.11. The van der Waals surface area contributed by atoms with Crippen LogP contribution in [0.3, 0.4) is 0 Å². The molecular formula is C20H30N2O5S. The molecule has 0 spiro atoms. The van der Waals surface area contributed by atoms with Crippen LogP contribution in [0.15, 0.2) is 30.3 Å². The van der Waals surface area contributed by atoms with Gasteiger partial charge in [0.25, 0.3) is 0 Å². The molecule has 0 aromatic heterocycles. The first-order chi connectivity index (χ1) is 13.1. The molecule has 0 aliphatic rings. The van der Waals surface area contributed by atoms with Crippen LogP contribution in [0.4, 0.5) is 4.79 Å². The summed E-state index contributed by atoms with van der Waals surface area (Å²) in [6.07, 6.45) is 1.63. The second kappa shape index (κ2) is 11.6. The number of thioether (sulfide) groups is 1. The third-order valence-electron chi connectivity index (χ3n) is 3.55. The topological polar surface area (TPSA) is 93.7 Å². The summed E-state index contributed by atoms with van der Waals surface area (Å²) in [4.78, 5) is 36.7. The molecule has 2 N–H and O–H groups in total. The molecule has 0 saturated carbocycles. The van der Waals surface area contributed by atoms with E-state index in [1.54, 1.807) is 39.5 Å². The second-order valence-corrected chi connectivity index (χ2v) is 8.29. The summed E-state index contributed by atoms with van der Waals surface area (Å²) in [5, 5.41) is 5.17. The van der Waals surface area contributed by atoms with Crippen LogP contribution in [-0.4, -0.2) is 47.7 Å². The van der Waals surface area contributed by atoms with Crippen molar-refractivity contribution in [1.29, 1.82) is 0 Å². The zero-order valence-electron chi connectivity index (χ0n) is 17.1. The van der Waals surface area contributed by atoms with Gasteiger partial charge >= 0.3 is 12.1 Å². The molecule has 156 valence electrons. The first-order valence-corrected chi connectivity index (χ1v) is 10.5. The molecule has 0 bridgehead atoms. The molecule has 2 amide bonds. The average Bonchev–Trinajstić information content (AvgIpc) is 2.62. The van der Waals surface area contributed by atoms with Crippen molar-refractivity contribution in [3.05, 3.63) is 35.9 Å². The van der Waals surface area contributed by atoms with Crippen molar-refractivity contribution in [2.24, 2.45) is 0 Å². The Hall–Kier alpha value is -2.22. The lowest BCUT2D eigenvalue weighted by atomic mass is 10.1. The average molecular weight is 411 g/mol. The number of benzene rings is 1. The second-order valence-electron chi connectivity index (χ2n) is 7.30. The van der Waals surface area contributed by atoms with Crippen LogP contribution in [0.1, 0.15) is 39.7 Å². The SMILES string of the molecule is CSCC[C@H](NC(=O)OCc1ccccc1)C(=O)N[C@H](C)C(=O)OC(C)(C)C. The molecule has 0 aliphatic heterocycles. The standard InChI is InChI=1S/C20H30N2O5S/c1-14(18(24)27-20(2,3)4)21-17(23)16(11-12-28-5)22-19(25)26-13-15-9-7-6-8-10-15/h6-10,14,16H,11-13H2,1-5H3,(H,21,23)(H,22,25)/t14-,16+/m1/s1. The van der Waals surface area contributed by atoms with E-state index in [9.17, 15) is 14.4 Å². The fraction of sp³-hybridized carbons (Fsp3) is 0.550. The normalized spacial score (nSPS) is 13.2. The summed E-state index contributed by atoms with van der Waals surface area (Å²) >= 11 is 1.55. The Labute approximate surface area is 170 Å². The summed E-state index contributed by atoms with van der Waals surface area (Å²) in [5.41, 5.74) is 0.203. The maximum Gasteiger partial charge on any atom is 0.408 e. The van der Waals surface area contributed by atoms with Gasteiger partial charge in [0.1, 0.15) is 24.3 Å². The molecule has 0 fully saturated rings. The van der Waals surface area contributed by atoms with Crippen molar-refractivity contribution in [2.75, 3.05) is 12.0 Å². The summed E-state index contributed by atoms with van der Waals surface area (Å²) < 4.78 is 10.4. The highest BCUT2D eigenvalue weighted by atomic mass is 32.2. The van der Waals surface area contributed by atoms with Crippen molar-refractivity contribution in [1.82, 2.24) is 10.6 Å². The quantitative estimate of drug-likeness (QED) is 0.608. The number of nitrogens with one attached hydrogen (secondary N) is 2. The molecule has 28 heavy (non-hydrogen) atoms. The Morgan fingerprint density at radius 3 is 2.32 bits per heavy atom. The summed E-state index contributed by atoms with van der Waals surface area (Å²) in [7, 11) is 0. The number of amides is 2. The minimum atomic E-state index is -0.828. The highest BCUT2D eigenvalue weighted by Gasteiger charge is 2.27. The van der Waals surface area contributed by atoms with Crippen LogP contribution in [0, 0.1) is 0 Å². The number of esters is 1. The van der Waals surface area contributed by atoms with Gasteiger partial charge < -0.3 is 20.1 Å². The van der Waals surface area contributed by atoms with Gasteiger partial charge in [0.2, 0.25) is 5.91 Å². The lowest BCUT2D eigenvalue weighted by Crippen LogP contribution is -2.51. The molecule has 1 rings (SSSR count). The van der Waals surface area contributed by atoms with E-state index >= 15 is 0 Å². The van der Waals surface area contributed by atoms with E-state index in [1.165, 1.54) is 0 Å². The summed E-state index contributed by atoms with van der Waals surface area (Å²) in [6.45, 7) is 6.92. The minimum absolute atomic E-state index is 0.109. The van der Waals surface area contributed by atoms with Crippen LogP contribution in [-0.2, 0) is 25.7 Å². The Kier molecular flexibility index (Phi) is 9.85. The van der Waals surface area contributed by atoms with Gasteiger partial charge in [-0.25, -0.2) is 9.59 Å². The fourth-order valence-electron chi connectivity index (χ4n) is 2.17. The molecule has 1 aromatic rings. The minimum Gasteiger partial charge on any atom is -0.458 e. The van der Waals surface area contributed by atoms with Crippen molar-refractivity contribution in [3.63, 3.8) is 0 Å². The van der Waals surface area contributed by atoms with Gasteiger partial charge in [-0.15, -0.1) is 0 Å². The maximum absolute atomic E-state index is 12.5. The van der Waals surface area contributed by atoms with E-state index in [2.05, 4.69) is 10.6 Å². The molecule has 7 nitrogen and oxygen atoms in total. The van der Waals surface area contributed by atoms with E-state index in [1.807, 2.05) is 36.6 Å². The van der Waals surface area contributed by atoms with Gasteiger partial charge in [-0.05, 0) is 51.7 Å². The van der Waals surface area contributed by atoms with Gasteiger partial charge in [-0.3, -0.25) is 4.79 Å². The summed E-state index contributed by atoms with van der Waals surface area (Å²) in [6, 6.07) is 7.62. The highest BCUT2D eigenvalue weighted by Crippen LogP contribution is 2.09. The van der Waals surface area contributed by atoms with E-state index in [-0.39, 0.29) is 6.61 Å². The van der Waals surface area contributed by atoms with Crippen molar-refractivity contribution in [2.45, 2.75) is 58.4 Å². The molecule has 0 aliphatic carbocycles. The molecule has 0 unspecified atom stereocenters. The Bertz CT molecular complexity index is 646. The predicted molar refractivity (Wildman–Crippen MR) is 110 cm³/mol. The van der Waals surface area contributed by atoms with Gasteiger partial charge in [0, 0.05) is 0 Å². The van der Waals surface area contributed by atoms with Crippen LogP contribution in [0.5, 0.6) is 0 Å². The largest absolute Gasteiger partial charge is 0.458 e. The van der Waals surface area contributed by atoms with Gasteiger partial charge in [0.15, 0.2) is 0 Å². The number of ether oxygens (including phenoxy) is 2. The van der Waals surface area contributed by atoms with Crippen molar-refractivity contribution >= 4 is 29.7 Å². The molecule has 0 radical (unpaired) electrons. The Morgan fingerprint density at radius 2 is 1.75 bits per heavy atom. The smallest absolute Gasteiger partial charge is 0.408 e. The van der Waals surface area contributed by atoms with Crippen molar-refractivity contribution in [3.8, 4) is 0 Å². The molecule has 8 heteroatoms. The number of alkyl carbamates (subject to hydrolysis) is 1. The zero-order chi connectivity index (χ0) is 21.2. The number of rotatable bonds is 9. The third kappa shape index (κ3) is 9.64. The monoisotopic (exact) mass is 410 g/mol. The fourth-order valence-corrected chi connectivity index (χ4v) is 2.65. The lowest BCUT2D eigenvalue weighted by molar-refractivity contribution is -0.158. The van der Waals surface area contributed by atoms with Crippen LogP contribution < -0.4 is 10.6 Å². The predicted octanol–water partition coefficient (Wildman–Crippen LogP) is 2.88. The third-order valence-corrected chi connectivity index (χ3v) is 4.20. The Balaban J connectivity index is 2.60. The maximum atomic E-state index is 12.5.